The molecule has 0 spiro atoms. The summed E-state index contributed by atoms with van der Waals surface area (Å²) in [5.41, 5.74) is 1.35. The third-order valence-electron chi connectivity index (χ3n) is 8.75. The van der Waals surface area contributed by atoms with Gasteiger partial charge in [-0.1, -0.05) is 19.9 Å². The Kier molecular flexibility index (Phi) is 10.6. The van der Waals surface area contributed by atoms with Crippen molar-refractivity contribution in [1.82, 2.24) is 24.5 Å². The van der Waals surface area contributed by atoms with Crippen molar-refractivity contribution >= 4 is 57.2 Å². The first-order valence-corrected chi connectivity index (χ1v) is 18.6. The van der Waals surface area contributed by atoms with Gasteiger partial charge in [0.1, 0.15) is 36.0 Å². The summed E-state index contributed by atoms with van der Waals surface area (Å²) < 4.78 is 66.2. The maximum Gasteiger partial charge on any atom is 0.434 e. The Balaban J connectivity index is 0.000000179. The number of anilines is 2. The molecule has 1 aromatic heterocycles. The molecule has 3 unspecified atom stereocenters. The molecule has 5 N–H and O–H groups in total. The summed E-state index contributed by atoms with van der Waals surface area (Å²) in [5, 5.41) is 27.6. The average Bonchev–Trinajstić information content (AvgIpc) is 3.63. The van der Waals surface area contributed by atoms with E-state index >= 15 is 8.78 Å². The second-order valence-corrected chi connectivity index (χ2v) is 15.3. The van der Waals surface area contributed by atoms with Crippen LogP contribution in [0.4, 0.5) is 25.0 Å². The molecular weight excluding hydrogens is 725 g/mol. The maximum absolute atomic E-state index is 15.2. The number of methoxy groups -OCH3 is 1. The van der Waals surface area contributed by atoms with Gasteiger partial charge in [-0.25, -0.2) is 22.0 Å². The van der Waals surface area contributed by atoms with Crippen LogP contribution in [-0.4, -0.2) is 79.1 Å². The number of aromatic hydroxyl groups is 2. The number of hydrogen-bond acceptors (Lipinski definition) is 10. The van der Waals surface area contributed by atoms with Gasteiger partial charge in [-0.3, -0.25) is 27.6 Å². The summed E-state index contributed by atoms with van der Waals surface area (Å²) in [4.78, 5) is 34.8. The normalized spacial score (nSPS) is 21.4. The molecule has 3 aliphatic heterocycles. The molecule has 15 nitrogen and oxygen atoms in total. The molecule has 1 saturated carbocycles. The van der Waals surface area contributed by atoms with Gasteiger partial charge in [-0.2, -0.15) is 9.78 Å². The number of phenolic OH excluding ortho intramolecular Hbond substituents is 2. The Bertz CT molecular complexity index is 2020. The van der Waals surface area contributed by atoms with Gasteiger partial charge in [0.2, 0.25) is 22.3 Å². The number of rotatable bonds is 7. The zero-order valence-corrected chi connectivity index (χ0v) is 30.0. The minimum atomic E-state index is -2.00. The second kappa shape index (κ2) is 15.0. The maximum atomic E-state index is 15.2. The fourth-order valence-corrected chi connectivity index (χ4v) is 8.07. The number of ether oxygens (including phenoxy) is 1. The molecule has 4 heterocycles. The highest BCUT2D eigenvalue weighted by Gasteiger charge is 2.35. The van der Waals surface area contributed by atoms with Crippen molar-refractivity contribution in [2.75, 3.05) is 35.4 Å². The van der Waals surface area contributed by atoms with Gasteiger partial charge in [-0.05, 0) is 67.5 Å². The molecule has 19 heteroatoms. The van der Waals surface area contributed by atoms with Crippen LogP contribution in [0.5, 0.6) is 11.5 Å². The fourth-order valence-electron chi connectivity index (χ4n) is 6.18. The van der Waals surface area contributed by atoms with E-state index in [-0.39, 0.29) is 47.4 Å². The second-order valence-electron chi connectivity index (χ2n) is 13.0. The van der Waals surface area contributed by atoms with Gasteiger partial charge in [-0.15, -0.1) is 0 Å². The van der Waals surface area contributed by atoms with Crippen LogP contribution in [0.15, 0.2) is 36.4 Å². The van der Waals surface area contributed by atoms with Crippen molar-refractivity contribution in [3.63, 3.8) is 0 Å². The number of benzene rings is 2. The van der Waals surface area contributed by atoms with E-state index in [1.165, 1.54) is 31.4 Å². The van der Waals surface area contributed by atoms with E-state index in [0.717, 1.165) is 44.5 Å². The molecule has 0 radical (unpaired) electrons. The van der Waals surface area contributed by atoms with Crippen molar-refractivity contribution in [2.45, 2.75) is 51.5 Å². The topological polar surface area (TPSA) is 195 Å². The van der Waals surface area contributed by atoms with Crippen LogP contribution in [0, 0.1) is 17.6 Å². The van der Waals surface area contributed by atoms with Crippen molar-refractivity contribution in [2.24, 2.45) is 5.92 Å². The average molecular weight is 762 g/mol. The van der Waals surface area contributed by atoms with Crippen LogP contribution in [-0.2, 0) is 36.7 Å². The lowest BCUT2D eigenvalue weighted by Crippen LogP contribution is -2.34. The Labute approximate surface area is 302 Å². The van der Waals surface area contributed by atoms with Crippen molar-refractivity contribution < 1.29 is 46.5 Å². The van der Waals surface area contributed by atoms with Crippen LogP contribution in [0.2, 0.25) is 0 Å². The number of nitrogens with one attached hydrogen (secondary N) is 3. The Morgan fingerprint density at radius 3 is 1.98 bits per heavy atom. The summed E-state index contributed by atoms with van der Waals surface area (Å²) in [6.45, 7) is 4.24. The largest absolute Gasteiger partial charge is 0.506 e. The van der Waals surface area contributed by atoms with Crippen LogP contribution >= 0.6 is 0 Å². The third-order valence-corrected chi connectivity index (χ3v) is 11.0. The summed E-state index contributed by atoms with van der Waals surface area (Å²) in [7, 11) is 1.23. The minimum Gasteiger partial charge on any atom is -0.506 e. The summed E-state index contributed by atoms with van der Waals surface area (Å²) in [5.74, 6) is -2.65. The van der Waals surface area contributed by atoms with Gasteiger partial charge in [0.15, 0.2) is 11.6 Å². The molecule has 7 rings (SSSR count). The highest BCUT2D eigenvalue weighted by molar-refractivity contribution is 7.86. The van der Waals surface area contributed by atoms with Crippen LogP contribution in [0.25, 0.3) is 16.8 Å². The minimum absolute atomic E-state index is 0.00343. The molecule has 1 aliphatic carbocycles. The van der Waals surface area contributed by atoms with Crippen LogP contribution in [0.1, 0.15) is 56.7 Å². The monoisotopic (exact) mass is 761 g/mol. The fraction of sp³-hybridized carbons (Fsp3) is 0.394. The predicted molar refractivity (Wildman–Crippen MR) is 188 cm³/mol. The zero-order valence-electron chi connectivity index (χ0n) is 28.4. The van der Waals surface area contributed by atoms with Crippen molar-refractivity contribution in [3.8, 4) is 22.8 Å². The van der Waals surface area contributed by atoms with E-state index < -0.39 is 57.6 Å². The molecule has 2 amide bonds. The van der Waals surface area contributed by atoms with E-state index in [1.54, 1.807) is 6.07 Å². The van der Waals surface area contributed by atoms with Gasteiger partial charge < -0.3 is 20.3 Å². The molecule has 278 valence electrons. The number of halogens is 2. The lowest BCUT2D eigenvalue weighted by atomic mass is 9.93. The molecule has 2 aromatic carbocycles. The third kappa shape index (κ3) is 7.51. The lowest BCUT2D eigenvalue weighted by Gasteiger charge is -2.26. The van der Waals surface area contributed by atoms with Crippen LogP contribution < -0.4 is 23.4 Å². The van der Waals surface area contributed by atoms with E-state index in [9.17, 15) is 33.0 Å². The van der Waals surface area contributed by atoms with Gasteiger partial charge in [0.25, 0.3) is 11.8 Å². The molecular formula is C33H37F2N7O8S2. The summed E-state index contributed by atoms with van der Waals surface area (Å²) in [6, 6.07) is 7.38. The number of phenols is 2. The molecule has 2 saturated heterocycles. The number of nitrogens with zero attached hydrogens (tertiary/aromatic N) is 4. The summed E-state index contributed by atoms with van der Waals surface area (Å²) >= 11 is -3.89. The SMILES string of the molecule is CC(C)CC1CC=C(c2ccc(O)c(N3CC(=O)NS3=O)c2F)CN1.COC(=O)n1nc(-c2ccc(O)c(N3CC(=O)NS3=O)c2F)cc1C1CC1. The molecule has 52 heavy (non-hydrogen) atoms. The van der Waals surface area contributed by atoms with Gasteiger partial charge in [0.05, 0.1) is 18.5 Å². The van der Waals surface area contributed by atoms with Crippen molar-refractivity contribution in [1.29, 1.82) is 0 Å². The molecule has 3 fully saturated rings. The number of aromatic nitrogens is 2. The zero-order chi connectivity index (χ0) is 37.4. The molecule has 0 bridgehead atoms. The first-order valence-electron chi connectivity index (χ1n) is 16.4. The molecule has 3 aromatic rings. The molecule has 3 atom stereocenters. The Morgan fingerprint density at radius 2 is 1.52 bits per heavy atom. The number of carbonyl (C=O) groups excluding carboxylic acids is 3. The van der Waals surface area contributed by atoms with E-state index in [1.807, 2.05) is 6.08 Å². The number of amides is 2. The quantitative estimate of drug-likeness (QED) is 0.239. The van der Waals surface area contributed by atoms with E-state index in [0.29, 0.717) is 29.8 Å². The highest BCUT2D eigenvalue weighted by atomic mass is 32.2. The summed E-state index contributed by atoms with van der Waals surface area (Å²) in [6.07, 6.45) is 4.97. The lowest BCUT2D eigenvalue weighted by molar-refractivity contribution is -0.118. The first-order chi connectivity index (χ1) is 24.8. The van der Waals surface area contributed by atoms with Gasteiger partial charge >= 0.3 is 6.09 Å². The van der Waals surface area contributed by atoms with Crippen LogP contribution in [0.3, 0.4) is 0 Å². The van der Waals surface area contributed by atoms with Gasteiger partial charge in [0, 0.05) is 29.6 Å². The van der Waals surface area contributed by atoms with E-state index in [4.69, 9.17) is 4.74 Å². The molecule has 4 aliphatic rings. The Hall–Kier alpha value is -4.88. The smallest absolute Gasteiger partial charge is 0.434 e. The van der Waals surface area contributed by atoms with E-state index in [2.05, 4.69) is 33.7 Å². The van der Waals surface area contributed by atoms with Crippen molar-refractivity contribution in [3.05, 3.63) is 59.3 Å². The predicted octanol–water partition coefficient (Wildman–Crippen LogP) is 3.24. The highest BCUT2D eigenvalue weighted by Crippen LogP contribution is 2.43. The number of carbonyl (C=O) groups is 3. The Morgan fingerprint density at radius 1 is 0.962 bits per heavy atom. The standard InChI is InChI=1S/C17H22FN3O3S.C16H15FN4O5S/c1-10(2)7-12-4-3-11(8-19-12)13-5-6-14(22)17(16(13)18)21-9-15(23)20-25(21)24;1-26-16(24)21-11(8-2-3-8)6-10(18-21)9-4-5-12(22)15(14(9)17)20-7-13(23)19-27(20)25/h3,5-6,10,12,19,22H,4,7-9H2,1-2H3,(H,20,23);4-6,8,22H,2-3,7H2,1H3,(H,19,23). The number of hydrogen-bond donors (Lipinski definition) is 5. The first kappa shape index (κ1) is 36.9.